The molecule has 0 fully saturated rings. The van der Waals surface area contributed by atoms with E-state index in [0.717, 1.165) is 17.1 Å². The molecule has 0 saturated carbocycles. The van der Waals surface area contributed by atoms with Crippen molar-refractivity contribution < 1.29 is 14.7 Å². The number of carboxylic acid groups (broad SMARTS) is 1. The first-order valence-corrected chi connectivity index (χ1v) is 7.58. The maximum atomic E-state index is 11.8. The number of aromatic carboxylic acids is 1. The molecule has 0 aromatic heterocycles. The number of aryl methyl sites for hydroxylation is 1. The lowest BCUT2D eigenvalue weighted by Crippen LogP contribution is -2.37. The fourth-order valence-corrected chi connectivity index (χ4v) is 2.28. The Morgan fingerprint density at radius 2 is 2.10 bits per heavy atom. The molecular weight excluding hydrogens is 276 g/mol. The van der Waals surface area contributed by atoms with Gasteiger partial charge in [0.05, 0.1) is 5.56 Å². The van der Waals surface area contributed by atoms with E-state index in [-0.39, 0.29) is 17.6 Å². The van der Waals surface area contributed by atoms with Gasteiger partial charge in [-0.15, -0.1) is 0 Å². The highest BCUT2D eigenvalue weighted by Gasteiger charge is 2.10. The number of rotatable bonds is 6. The summed E-state index contributed by atoms with van der Waals surface area (Å²) in [5.41, 5.74) is 1.49. The van der Waals surface area contributed by atoms with Crippen molar-refractivity contribution in [1.82, 2.24) is 5.32 Å². The van der Waals surface area contributed by atoms with Crippen LogP contribution in [0.4, 0.5) is 10.5 Å². The van der Waals surface area contributed by atoms with Crippen molar-refractivity contribution in [2.24, 2.45) is 0 Å². The number of anilines is 1. The van der Waals surface area contributed by atoms with Crippen LogP contribution >= 0.6 is 11.8 Å². The zero-order chi connectivity index (χ0) is 15.1. The average Bonchev–Trinajstić information content (AvgIpc) is 2.38. The van der Waals surface area contributed by atoms with E-state index in [0.29, 0.717) is 5.69 Å². The zero-order valence-electron chi connectivity index (χ0n) is 11.9. The van der Waals surface area contributed by atoms with E-state index in [1.807, 2.05) is 13.8 Å². The van der Waals surface area contributed by atoms with Crippen molar-refractivity contribution in [3.63, 3.8) is 0 Å². The minimum atomic E-state index is -1.01. The molecule has 0 saturated heterocycles. The lowest BCUT2D eigenvalue weighted by atomic mass is 10.1. The van der Waals surface area contributed by atoms with Crippen LogP contribution in [-0.2, 0) is 0 Å². The second kappa shape index (κ2) is 7.79. The molecule has 110 valence electrons. The number of carboxylic acids is 1. The van der Waals surface area contributed by atoms with Crippen LogP contribution in [0, 0.1) is 6.92 Å². The third kappa shape index (κ3) is 5.13. The number of hydrogen-bond donors (Lipinski definition) is 3. The highest BCUT2D eigenvalue weighted by Crippen LogP contribution is 2.17. The van der Waals surface area contributed by atoms with Crippen molar-refractivity contribution in [3.8, 4) is 0 Å². The third-order valence-electron chi connectivity index (χ3n) is 2.68. The number of amides is 2. The number of urea groups is 1. The quantitative estimate of drug-likeness (QED) is 0.754. The van der Waals surface area contributed by atoms with Crippen LogP contribution < -0.4 is 10.6 Å². The second-order valence-corrected chi connectivity index (χ2v) is 5.81. The molecule has 0 spiro atoms. The maximum Gasteiger partial charge on any atom is 0.335 e. The SMILES string of the molecule is CCSCC(C)NC(=O)Nc1cc(C(=O)O)ccc1C. The Balaban J connectivity index is 2.65. The monoisotopic (exact) mass is 296 g/mol. The summed E-state index contributed by atoms with van der Waals surface area (Å²) in [4.78, 5) is 22.8. The highest BCUT2D eigenvalue weighted by molar-refractivity contribution is 7.99. The van der Waals surface area contributed by atoms with Crippen LogP contribution in [0.1, 0.15) is 29.8 Å². The van der Waals surface area contributed by atoms with Crippen LogP contribution in [0.25, 0.3) is 0 Å². The summed E-state index contributed by atoms with van der Waals surface area (Å²) in [6.45, 7) is 5.82. The molecule has 20 heavy (non-hydrogen) atoms. The minimum absolute atomic E-state index is 0.0583. The molecule has 5 nitrogen and oxygen atoms in total. The summed E-state index contributed by atoms with van der Waals surface area (Å²) in [6.07, 6.45) is 0. The maximum absolute atomic E-state index is 11.8. The van der Waals surface area contributed by atoms with E-state index in [4.69, 9.17) is 5.11 Å². The summed E-state index contributed by atoms with van der Waals surface area (Å²) in [5.74, 6) is 0.840. The van der Waals surface area contributed by atoms with Crippen molar-refractivity contribution in [1.29, 1.82) is 0 Å². The van der Waals surface area contributed by atoms with Gasteiger partial charge in [0, 0.05) is 17.5 Å². The summed E-state index contributed by atoms with van der Waals surface area (Å²) in [5, 5.41) is 14.5. The highest BCUT2D eigenvalue weighted by atomic mass is 32.2. The zero-order valence-corrected chi connectivity index (χ0v) is 12.7. The summed E-state index contributed by atoms with van der Waals surface area (Å²) < 4.78 is 0. The van der Waals surface area contributed by atoms with Gasteiger partial charge in [-0.05, 0) is 37.3 Å². The summed E-state index contributed by atoms with van der Waals surface area (Å²) in [7, 11) is 0. The van der Waals surface area contributed by atoms with Crippen molar-refractivity contribution in [2.45, 2.75) is 26.8 Å². The average molecular weight is 296 g/mol. The molecule has 0 heterocycles. The Morgan fingerprint density at radius 1 is 1.40 bits per heavy atom. The Kier molecular flexibility index (Phi) is 6.38. The Morgan fingerprint density at radius 3 is 2.70 bits per heavy atom. The Labute approximate surface area is 123 Å². The Bertz CT molecular complexity index is 491. The van der Waals surface area contributed by atoms with Gasteiger partial charge in [-0.2, -0.15) is 11.8 Å². The standard InChI is InChI=1S/C14H20N2O3S/c1-4-20-8-10(3)15-14(19)16-12-7-11(13(17)18)6-5-9(12)2/h5-7,10H,4,8H2,1-3H3,(H,17,18)(H2,15,16,19). The number of carbonyl (C=O) groups excluding carboxylic acids is 1. The molecule has 0 bridgehead atoms. The molecule has 3 N–H and O–H groups in total. The predicted octanol–water partition coefficient (Wildman–Crippen LogP) is 2.96. The predicted molar refractivity (Wildman–Crippen MR) is 82.8 cm³/mol. The van der Waals surface area contributed by atoms with Gasteiger partial charge in [0.15, 0.2) is 0 Å². The molecule has 1 unspecified atom stereocenters. The molecule has 1 rings (SSSR count). The van der Waals surface area contributed by atoms with Crippen LogP contribution in [-0.4, -0.2) is 34.7 Å². The molecule has 0 aliphatic carbocycles. The fourth-order valence-electron chi connectivity index (χ4n) is 1.61. The van der Waals surface area contributed by atoms with E-state index in [9.17, 15) is 9.59 Å². The van der Waals surface area contributed by atoms with E-state index in [1.54, 1.807) is 17.8 Å². The topological polar surface area (TPSA) is 78.4 Å². The van der Waals surface area contributed by atoms with E-state index >= 15 is 0 Å². The van der Waals surface area contributed by atoms with Crippen LogP contribution in [0.2, 0.25) is 0 Å². The molecule has 1 aromatic rings. The number of nitrogens with one attached hydrogen (secondary N) is 2. The van der Waals surface area contributed by atoms with Crippen LogP contribution in [0.5, 0.6) is 0 Å². The lowest BCUT2D eigenvalue weighted by molar-refractivity contribution is 0.0697. The molecule has 0 radical (unpaired) electrons. The number of thioether (sulfide) groups is 1. The van der Waals surface area contributed by atoms with Crippen molar-refractivity contribution in [2.75, 3.05) is 16.8 Å². The van der Waals surface area contributed by atoms with Gasteiger partial charge in [0.2, 0.25) is 0 Å². The van der Waals surface area contributed by atoms with Gasteiger partial charge in [-0.3, -0.25) is 0 Å². The van der Waals surface area contributed by atoms with E-state index in [1.165, 1.54) is 12.1 Å². The smallest absolute Gasteiger partial charge is 0.335 e. The molecule has 0 aliphatic rings. The third-order valence-corrected chi connectivity index (χ3v) is 3.83. The molecule has 0 aliphatic heterocycles. The number of carbonyl (C=O) groups is 2. The van der Waals surface area contributed by atoms with Gasteiger partial charge in [-0.25, -0.2) is 9.59 Å². The van der Waals surface area contributed by atoms with Crippen molar-refractivity contribution in [3.05, 3.63) is 29.3 Å². The fraction of sp³-hybridized carbons (Fsp3) is 0.429. The normalized spacial score (nSPS) is 11.8. The molecule has 6 heteroatoms. The van der Waals surface area contributed by atoms with Gasteiger partial charge in [0.1, 0.15) is 0 Å². The molecule has 1 atom stereocenters. The first-order chi connectivity index (χ1) is 9.43. The van der Waals surface area contributed by atoms with Gasteiger partial charge < -0.3 is 15.7 Å². The molecule has 2 amide bonds. The number of hydrogen-bond acceptors (Lipinski definition) is 3. The second-order valence-electron chi connectivity index (χ2n) is 4.49. The van der Waals surface area contributed by atoms with Gasteiger partial charge in [-0.1, -0.05) is 13.0 Å². The first-order valence-electron chi connectivity index (χ1n) is 6.43. The summed E-state index contributed by atoms with van der Waals surface area (Å²) in [6, 6.07) is 4.39. The van der Waals surface area contributed by atoms with Gasteiger partial charge in [0.25, 0.3) is 0 Å². The van der Waals surface area contributed by atoms with E-state index < -0.39 is 5.97 Å². The van der Waals surface area contributed by atoms with E-state index in [2.05, 4.69) is 17.6 Å². The molecular formula is C14H20N2O3S. The lowest BCUT2D eigenvalue weighted by Gasteiger charge is -2.15. The molecule has 1 aromatic carbocycles. The van der Waals surface area contributed by atoms with Crippen LogP contribution in [0.15, 0.2) is 18.2 Å². The largest absolute Gasteiger partial charge is 0.478 e. The van der Waals surface area contributed by atoms with Crippen molar-refractivity contribution >= 4 is 29.4 Å². The van der Waals surface area contributed by atoms with Crippen LogP contribution in [0.3, 0.4) is 0 Å². The van der Waals surface area contributed by atoms with Gasteiger partial charge >= 0.3 is 12.0 Å². The number of benzene rings is 1. The first kappa shape index (κ1) is 16.4. The summed E-state index contributed by atoms with van der Waals surface area (Å²) >= 11 is 1.75. The minimum Gasteiger partial charge on any atom is -0.478 e. The Hall–Kier alpha value is -1.69.